The van der Waals surface area contributed by atoms with Crippen LogP contribution in [-0.4, -0.2) is 41.7 Å². The highest BCUT2D eigenvalue weighted by atomic mass is 16.7. The molecule has 0 spiro atoms. The Bertz CT molecular complexity index is 279. The van der Waals surface area contributed by atoms with Gasteiger partial charge in [-0.3, -0.25) is 4.79 Å². The third-order valence-electron chi connectivity index (χ3n) is 1.26. The van der Waals surface area contributed by atoms with Crippen molar-refractivity contribution < 1.29 is 14.3 Å². The van der Waals surface area contributed by atoms with Crippen molar-refractivity contribution in [3.8, 4) is 0 Å². The van der Waals surface area contributed by atoms with Gasteiger partial charge in [0.15, 0.2) is 6.29 Å². The highest BCUT2D eigenvalue weighted by Crippen LogP contribution is 1.97. The standard InChI is InChI=1S/C4H8O3.C3H6N6/c1-6-4(3-5)7-2;4-1-7-2(5)9-3(6)8-1/h3-4H,1-2H3;(H6,4,5,6,7,8,9). The van der Waals surface area contributed by atoms with E-state index >= 15 is 0 Å². The number of aldehydes is 1. The van der Waals surface area contributed by atoms with Crippen LogP contribution in [0.2, 0.25) is 0 Å². The lowest BCUT2D eigenvalue weighted by molar-refractivity contribution is -0.143. The Hall–Kier alpha value is -2.00. The highest BCUT2D eigenvalue weighted by Gasteiger charge is 1.97. The summed E-state index contributed by atoms with van der Waals surface area (Å²) in [5, 5.41) is 0. The number of carbonyl (C=O) groups excluding carboxylic acids is 1. The molecule has 9 nitrogen and oxygen atoms in total. The Kier molecular flexibility index (Phi) is 6.40. The minimum Gasteiger partial charge on any atom is -0.368 e. The average molecular weight is 230 g/mol. The molecule has 1 aromatic heterocycles. The molecule has 0 aromatic carbocycles. The zero-order chi connectivity index (χ0) is 12.6. The molecule has 0 saturated heterocycles. The van der Waals surface area contributed by atoms with Crippen molar-refractivity contribution in [2.75, 3.05) is 31.4 Å². The summed E-state index contributed by atoms with van der Waals surface area (Å²) in [5.41, 5.74) is 15.4. The number of hydrogen-bond donors (Lipinski definition) is 3. The van der Waals surface area contributed by atoms with Crippen molar-refractivity contribution in [3.05, 3.63) is 0 Å². The van der Waals surface area contributed by atoms with Gasteiger partial charge >= 0.3 is 0 Å². The second kappa shape index (κ2) is 7.31. The van der Waals surface area contributed by atoms with Gasteiger partial charge in [-0.15, -0.1) is 0 Å². The van der Waals surface area contributed by atoms with Gasteiger partial charge in [0.25, 0.3) is 0 Å². The van der Waals surface area contributed by atoms with Crippen LogP contribution >= 0.6 is 0 Å². The van der Waals surface area contributed by atoms with E-state index in [1.54, 1.807) is 0 Å². The molecule has 0 aliphatic heterocycles. The third-order valence-corrected chi connectivity index (χ3v) is 1.26. The maximum atomic E-state index is 9.72. The lowest BCUT2D eigenvalue weighted by Crippen LogP contribution is -2.13. The SMILES string of the molecule is COC(C=O)OC.Nc1nc(N)nc(N)n1. The highest BCUT2D eigenvalue weighted by molar-refractivity contribution is 5.53. The molecular weight excluding hydrogens is 216 g/mol. The van der Waals surface area contributed by atoms with Crippen LogP contribution in [0.1, 0.15) is 0 Å². The fourth-order valence-corrected chi connectivity index (χ4v) is 0.634. The first-order valence-corrected chi connectivity index (χ1v) is 4.06. The van der Waals surface area contributed by atoms with E-state index in [1.165, 1.54) is 14.2 Å². The number of nitrogens with zero attached hydrogens (tertiary/aromatic N) is 3. The molecule has 16 heavy (non-hydrogen) atoms. The molecule has 0 unspecified atom stereocenters. The van der Waals surface area contributed by atoms with Gasteiger partial charge in [0, 0.05) is 14.2 Å². The smallest absolute Gasteiger partial charge is 0.226 e. The lowest BCUT2D eigenvalue weighted by atomic mass is 10.7. The summed E-state index contributed by atoms with van der Waals surface area (Å²) in [7, 11) is 2.81. The number of carbonyl (C=O) groups is 1. The van der Waals surface area contributed by atoms with Crippen molar-refractivity contribution in [2.24, 2.45) is 0 Å². The average Bonchev–Trinajstić information content (AvgIpc) is 2.19. The predicted octanol–water partition coefficient (Wildman–Crippen LogP) is -1.58. The van der Waals surface area contributed by atoms with E-state index in [9.17, 15) is 4.79 Å². The quantitative estimate of drug-likeness (QED) is 0.412. The van der Waals surface area contributed by atoms with Crippen LogP contribution in [0.15, 0.2) is 0 Å². The zero-order valence-electron chi connectivity index (χ0n) is 8.95. The van der Waals surface area contributed by atoms with Crippen molar-refractivity contribution >= 4 is 24.1 Å². The summed E-state index contributed by atoms with van der Waals surface area (Å²) >= 11 is 0. The molecule has 1 heterocycles. The normalized spacial score (nSPS) is 9.44. The summed E-state index contributed by atoms with van der Waals surface area (Å²) in [6, 6.07) is 0. The van der Waals surface area contributed by atoms with Crippen molar-refractivity contribution in [3.63, 3.8) is 0 Å². The molecule has 1 aromatic rings. The fourth-order valence-electron chi connectivity index (χ4n) is 0.634. The van der Waals surface area contributed by atoms with Crippen molar-refractivity contribution in [1.29, 1.82) is 0 Å². The van der Waals surface area contributed by atoms with E-state index in [0.29, 0.717) is 6.29 Å². The summed E-state index contributed by atoms with van der Waals surface area (Å²) in [6.45, 7) is 0. The number of aromatic nitrogens is 3. The molecule has 9 heteroatoms. The second-order valence-corrected chi connectivity index (χ2v) is 2.39. The molecule has 90 valence electrons. The summed E-state index contributed by atoms with van der Waals surface area (Å²) in [4.78, 5) is 20.2. The van der Waals surface area contributed by atoms with Gasteiger partial charge in [-0.1, -0.05) is 0 Å². The van der Waals surface area contributed by atoms with E-state index in [0.717, 1.165) is 0 Å². The molecule has 0 saturated carbocycles. The van der Waals surface area contributed by atoms with Gasteiger partial charge in [0.2, 0.25) is 24.1 Å². The number of hydrogen-bond acceptors (Lipinski definition) is 9. The van der Waals surface area contributed by atoms with Gasteiger partial charge in [-0.2, -0.15) is 15.0 Å². The van der Waals surface area contributed by atoms with Crippen LogP contribution in [0.5, 0.6) is 0 Å². The first kappa shape index (κ1) is 14.0. The number of anilines is 3. The Morgan fingerprint density at radius 3 is 1.44 bits per heavy atom. The first-order valence-electron chi connectivity index (χ1n) is 4.06. The van der Waals surface area contributed by atoms with Crippen LogP contribution in [0.4, 0.5) is 17.8 Å². The van der Waals surface area contributed by atoms with E-state index < -0.39 is 6.29 Å². The van der Waals surface area contributed by atoms with Crippen LogP contribution in [0, 0.1) is 0 Å². The molecule has 0 amide bonds. The Balaban J connectivity index is 0.000000293. The number of rotatable bonds is 3. The first-order chi connectivity index (χ1) is 7.53. The summed E-state index contributed by atoms with van der Waals surface area (Å²) in [5.74, 6) is 0.125. The number of ether oxygens (including phenoxy) is 2. The Morgan fingerprint density at radius 1 is 1.00 bits per heavy atom. The molecule has 0 aliphatic carbocycles. The Labute approximate surface area is 92.0 Å². The number of nitrogens with two attached hydrogens (primary N) is 3. The van der Waals surface area contributed by atoms with Crippen molar-refractivity contribution in [2.45, 2.75) is 6.29 Å². The zero-order valence-corrected chi connectivity index (χ0v) is 8.95. The van der Waals surface area contributed by atoms with E-state index in [2.05, 4.69) is 24.4 Å². The number of nitrogen functional groups attached to an aromatic ring is 3. The number of methoxy groups -OCH3 is 2. The molecule has 6 N–H and O–H groups in total. The third kappa shape index (κ3) is 5.67. The molecule has 0 fully saturated rings. The van der Waals surface area contributed by atoms with E-state index in [4.69, 9.17) is 17.2 Å². The van der Waals surface area contributed by atoms with Crippen LogP contribution in [-0.2, 0) is 14.3 Å². The fraction of sp³-hybridized carbons (Fsp3) is 0.429. The largest absolute Gasteiger partial charge is 0.368 e. The maximum Gasteiger partial charge on any atom is 0.226 e. The predicted molar refractivity (Wildman–Crippen MR) is 56.9 cm³/mol. The van der Waals surface area contributed by atoms with Gasteiger partial charge in [0.05, 0.1) is 0 Å². The van der Waals surface area contributed by atoms with Crippen LogP contribution < -0.4 is 17.2 Å². The molecule has 0 atom stereocenters. The molecule has 1 rings (SSSR count). The maximum absolute atomic E-state index is 9.72. The summed E-state index contributed by atoms with van der Waals surface area (Å²) < 4.78 is 8.92. The molecular formula is C7H14N6O3. The van der Waals surface area contributed by atoms with E-state index in [-0.39, 0.29) is 17.8 Å². The molecule has 0 bridgehead atoms. The molecule has 0 aliphatic rings. The second-order valence-electron chi connectivity index (χ2n) is 2.39. The van der Waals surface area contributed by atoms with Gasteiger partial charge in [-0.05, 0) is 0 Å². The van der Waals surface area contributed by atoms with Gasteiger partial charge in [0.1, 0.15) is 0 Å². The van der Waals surface area contributed by atoms with Crippen molar-refractivity contribution in [1.82, 2.24) is 15.0 Å². The minimum absolute atomic E-state index is 0.0417. The molecule has 0 radical (unpaired) electrons. The topological polar surface area (TPSA) is 152 Å². The van der Waals surface area contributed by atoms with E-state index in [1.807, 2.05) is 0 Å². The van der Waals surface area contributed by atoms with Crippen LogP contribution in [0.25, 0.3) is 0 Å². The lowest BCUT2D eigenvalue weighted by Gasteiger charge is -2.01. The monoisotopic (exact) mass is 230 g/mol. The summed E-state index contributed by atoms with van der Waals surface area (Å²) in [6.07, 6.45) is -0.111. The Morgan fingerprint density at radius 2 is 1.31 bits per heavy atom. The van der Waals surface area contributed by atoms with Gasteiger partial charge < -0.3 is 26.7 Å². The van der Waals surface area contributed by atoms with Crippen LogP contribution in [0.3, 0.4) is 0 Å². The van der Waals surface area contributed by atoms with Gasteiger partial charge in [-0.25, -0.2) is 0 Å². The minimum atomic E-state index is -0.694.